The second-order valence-electron chi connectivity index (χ2n) is 6.33. The molecule has 0 aliphatic rings. The molecule has 9 heteroatoms. The van der Waals surface area contributed by atoms with Crippen LogP contribution in [0.3, 0.4) is 0 Å². The van der Waals surface area contributed by atoms with E-state index in [1.165, 1.54) is 33.0 Å². The Labute approximate surface area is 161 Å². The number of aromatic nitrogens is 1. The molecule has 0 aliphatic carbocycles. The number of anilines is 1. The molecule has 148 valence electrons. The molecule has 0 fully saturated rings. The maximum Gasteiger partial charge on any atom is 0.339 e. The Morgan fingerprint density at radius 2 is 1.89 bits per heavy atom. The van der Waals surface area contributed by atoms with E-state index < -0.39 is 22.8 Å². The highest BCUT2D eigenvalue weighted by Crippen LogP contribution is 2.26. The molecule has 0 spiro atoms. The molecule has 0 unspecified atom stereocenters. The Morgan fingerprint density at radius 1 is 1.25 bits per heavy atom. The first-order chi connectivity index (χ1) is 13.1. The largest absolute Gasteiger partial charge is 0.451 e. The van der Waals surface area contributed by atoms with E-state index in [0.29, 0.717) is 16.8 Å². The van der Waals surface area contributed by atoms with Gasteiger partial charge in [0.1, 0.15) is 5.69 Å². The number of benzene rings is 1. The number of ether oxygens (including phenoxy) is 1. The van der Waals surface area contributed by atoms with Gasteiger partial charge in [-0.05, 0) is 45.4 Å². The van der Waals surface area contributed by atoms with Crippen LogP contribution in [0, 0.1) is 24.0 Å². The van der Waals surface area contributed by atoms with E-state index in [1.807, 2.05) is 0 Å². The average molecular weight is 387 g/mol. The number of hydrogen-bond donors (Lipinski definition) is 2. The number of aromatic amines is 1. The van der Waals surface area contributed by atoms with Crippen molar-refractivity contribution < 1.29 is 24.0 Å². The molecule has 1 aromatic carbocycles. The molecular formula is C19H21N3O6. The fraction of sp³-hybridized carbons (Fsp3) is 0.316. The van der Waals surface area contributed by atoms with Gasteiger partial charge in [-0.25, -0.2) is 4.79 Å². The Bertz CT molecular complexity index is 976. The lowest BCUT2D eigenvalue weighted by Gasteiger charge is -2.12. The van der Waals surface area contributed by atoms with E-state index in [-0.39, 0.29) is 28.4 Å². The van der Waals surface area contributed by atoms with Crippen LogP contribution < -0.4 is 5.32 Å². The lowest BCUT2D eigenvalue weighted by atomic mass is 10.0. The first-order valence-corrected chi connectivity index (χ1v) is 8.50. The van der Waals surface area contributed by atoms with Crippen LogP contribution >= 0.6 is 0 Å². The summed E-state index contributed by atoms with van der Waals surface area (Å²) < 4.78 is 5.19. The van der Waals surface area contributed by atoms with E-state index in [0.717, 1.165) is 6.07 Å². The predicted molar refractivity (Wildman–Crippen MR) is 102 cm³/mol. The van der Waals surface area contributed by atoms with Gasteiger partial charge >= 0.3 is 5.97 Å². The fourth-order valence-corrected chi connectivity index (χ4v) is 3.03. The fourth-order valence-electron chi connectivity index (χ4n) is 3.03. The van der Waals surface area contributed by atoms with Crippen LogP contribution in [-0.2, 0) is 4.74 Å². The van der Waals surface area contributed by atoms with Crippen LogP contribution in [0.4, 0.5) is 11.4 Å². The number of rotatable bonds is 7. The van der Waals surface area contributed by atoms with Crippen molar-refractivity contribution in [2.75, 3.05) is 12.4 Å². The SMILES string of the molecule is CNc1ccc(C(=O)O[C@H](C)C(=O)c2[nH]c(C)c(C(C)=O)c2C)cc1[N+](=O)[O-]. The summed E-state index contributed by atoms with van der Waals surface area (Å²) in [4.78, 5) is 50.1. The number of ketones is 2. The third-order valence-electron chi connectivity index (χ3n) is 4.39. The van der Waals surface area contributed by atoms with Gasteiger partial charge in [0.05, 0.1) is 16.2 Å². The van der Waals surface area contributed by atoms with Crippen molar-refractivity contribution in [2.45, 2.75) is 33.8 Å². The second-order valence-corrected chi connectivity index (χ2v) is 6.33. The lowest BCUT2D eigenvalue weighted by Crippen LogP contribution is -2.25. The summed E-state index contributed by atoms with van der Waals surface area (Å²) >= 11 is 0. The van der Waals surface area contributed by atoms with Crippen LogP contribution in [-0.4, -0.2) is 40.6 Å². The first kappa shape index (κ1) is 20.8. The molecule has 1 atom stereocenters. The number of nitrogens with zero attached hydrogens (tertiary/aromatic N) is 1. The lowest BCUT2D eigenvalue weighted by molar-refractivity contribution is -0.384. The van der Waals surface area contributed by atoms with E-state index in [1.54, 1.807) is 13.8 Å². The highest BCUT2D eigenvalue weighted by atomic mass is 16.6. The monoisotopic (exact) mass is 387 g/mol. The van der Waals surface area contributed by atoms with Gasteiger partial charge < -0.3 is 15.0 Å². The number of esters is 1. The molecule has 0 bridgehead atoms. The van der Waals surface area contributed by atoms with E-state index in [2.05, 4.69) is 10.3 Å². The summed E-state index contributed by atoms with van der Waals surface area (Å²) in [6.45, 7) is 6.13. The number of aryl methyl sites for hydroxylation is 1. The van der Waals surface area contributed by atoms with Crippen LogP contribution in [0.2, 0.25) is 0 Å². The summed E-state index contributed by atoms with van der Waals surface area (Å²) in [5, 5.41) is 13.8. The average Bonchev–Trinajstić information content (AvgIpc) is 2.94. The smallest absolute Gasteiger partial charge is 0.339 e. The zero-order valence-electron chi connectivity index (χ0n) is 16.2. The van der Waals surface area contributed by atoms with E-state index >= 15 is 0 Å². The minimum atomic E-state index is -1.15. The summed E-state index contributed by atoms with van der Waals surface area (Å²) in [6.07, 6.45) is -1.15. The molecule has 2 rings (SSSR count). The van der Waals surface area contributed by atoms with Crippen LogP contribution in [0.5, 0.6) is 0 Å². The molecule has 0 saturated heterocycles. The van der Waals surface area contributed by atoms with Gasteiger partial charge in [-0.1, -0.05) is 0 Å². The highest BCUT2D eigenvalue weighted by molar-refractivity contribution is 6.05. The van der Waals surface area contributed by atoms with Crippen molar-refractivity contribution in [3.63, 3.8) is 0 Å². The van der Waals surface area contributed by atoms with Gasteiger partial charge in [-0.2, -0.15) is 0 Å². The summed E-state index contributed by atoms with van der Waals surface area (Å²) in [7, 11) is 1.52. The van der Waals surface area contributed by atoms with Crippen molar-refractivity contribution in [1.29, 1.82) is 0 Å². The molecule has 0 aliphatic heterocycles. The molecule has 0 saturated carbocycles. The Balaban J connectivity index is 2.24. The highest BCUT2D eigenvalue weighted by Gasteiger charge is 2.27. The molecular weight excluding hydrogens is 366 g/mol. The number of carbonyl (C=O) groups is 3. The number of nitrogens with one attached hydrogen (secondary N) is 2. The Hall–Kier alpha value is -3.49. The molecule has 0 amide bonds. The zero-order valence-corrected chi connectivity index (χ0v) is 16.2. The van der Waals surface area contributed by atoms with Crippen LogP contribution in [0.15, 0.2) is 18.2 Å². The predicted octanol–water partition coefficient (Wildman–Crippen LogP) is 3.21. The van der Waals surface area contributed by atoms with Crippen molar-refractivity contribution >= 4 is 28.9 Å². The second kappa shape index (κ2) is 8.03. The molecule has 0 radical (unpaired) electrons. The van der Waals surface area contributed by atoms with Gasteiger partial charge in [0.15, 0.2) is 11.9 Å². The topological polar surface area (TPSA) is 131 Å². The third kappa shape index (κ3) is 3.93. The first-order valence-electron chi connectivity index (χ1n) is 8.50. The molecule has 2 aromatic rings. The summed E-state index contributed by atoms with van der Waals surface area (Å²) in [5.41, 5.74) is 1.60. The van der Waals surface area contributed by atoms with Crippen molar-refractivity contribution in [1.82, 2.24) is 4.98 Å². The maximum atomic E-state index is 12.7. The Kier molecular flexibility index (Phi) is 5.97. The van der Waals surface area contributed by atoms with E-state index in [9.17, 15) is 24.5 Å². The minimum absolute atomic E-state index is 0.0471. The van der Waals surface area contributed by atoms with Crippen molar-refractivity contribution in [3.8, 4) is 0 Å². The molecule has 2 N–H and O–H groups in total. The number of H-pyrrole nitrogens is 1. The van der Waals surface area contributed by atoms with Gasteiger partial charge in [0.25, 0.3) is 5.69 Å². The van der Waals surface area contributed by atoms with Gasteiger partial charge in [-0.3, -0.25) is 19.7 Å². The van der Waals surface area contributed by atoms with Crippen molar-refractivity contribution in [2.24, 2.45) is 0 Å². The van der Waals surface area contributed by atoms with Crippen LogP contribution in [0.1, 0.15) is 56.3 Å². The number of Topliss-reactive ketones (excluding diaryl/α,β-unsaturated/α-hetero) is 2. The standard InChI is InChI=1S/C19H21N3O6/c1-9-16(11(3)23)10(2)21-17(9)18(24)12(4)28-19(25)13-6-7-14(20-5)15(8-13)22(26)27/h6-8,12,20-21H,1-5H3/t12-/m1/s1. The van der Waals surface area contributed by atoms with E-state index in [4.69, 9.17) is 4.74 Å². The number of nitro benzene ring substituents is 1. The van der Waals surface area contributed by atoms with Gasteiger partial charge in [0.2, 0.25) is 5.78 Å². The number of hydrogen-bond acceptors (Lipinski definition) is 7. The van der Waals surface area contributed by atoms with Crippen LogP contribution in [0.25, 0.3) is 0 Å². The number of nitro groups is 1. The molecule has 9 nitrogen and oxygen atoms in total. The summed E-state index contributed by atoms with van der Waals surface area (Å²) in [5.74, 6) is -1.53. The van der Waals surface area contributed by atoms with Gasteiger partial charge in [-0.15, -0.1) is 0 Å². The van der Waals surface area contributed by atoms with Gasteiger partial charge in [0, 0.05) is 24.4 Å². The zero-order chi connectivity index (χ0) is 21.2. The molecule has 1 heterocycles. The Morgan fingerprint density at radius 3 is 2.39 bits per heavy atom. The molecule has 28 heavy (non-hydrogen) atoms. The third-order valence-corrected chi connectivity index (χ3v) is 4.39. The quantitative estimate of drug-likeness (QED) is 0.323. The molecule has 1 aromatic heterocycles. The van der Waals surface area contributed by atoms with Crippen molar-refractivity contribution in [3.05, 3.63) is 56.4 Å². The minimum Gasteiger partial charge on any atom is -0.451 e. The number of carbonyl (C=O) groups excluding carboxylic acids is 3. The maximum absolute atomic E-state index is 12.7. The summed E-state index contributed by atoms with van der Waals surface area (Å²) in [6, 6.07) is 3.85. The normalized spacial score (nSPS) is 11.6.